The fraction of sp³-hybridized carbons (Fsp3) is 0.105. The highest BCUT2D eigenvalue weighted by Crippen LogP contribution is 2.51. The van der Waals surface area contributed by atoms with E-state index < -0.39 is 5.41 Å². The molecule has 0 aliphatic carbocycles. The maximum Gasteiger partial charge on any atom is 0.240 e. The first-order chi connectivity index (χ1) is 13.0. The van der Waals surface area contributed by atoms with Crippen LogP contribution in [0.25, 0.3) is 5.69 Å². The number of carbonyl (C=O) groups excluding carboxylic acids is 2. The Bertz CT molecular complexity index is 1140. The Morgan fingerprint density at radius 1 is 0.963 bits per heavy atom. The highest BCUT2D eigenvalue weighted by molar-refractivity contribution is 6.35. The number of hydrogen-bond donors (Lipinski definition) is 2. The number of benzene rings is 2. The number of fused-ring (bicyclic) bond motifs is 4. The number of nitrogens with zero attached hydrogens (tertiary/aromatic N) is 2. The second-order valence-corrected chi connectivity index (χ2v) is 7.33. The molecule has 2 amide bonds. The molecule has 2 aromatic carbocycles. The largest absolute Gasteiger partial charge is 0.323 e. The van der Waals surface area contributed by atoms with Crippen LogP contribution in [0.2, 0.25) is 10.0 Å². The number of hydrogen-bond acceptors (Lipinski definition) is 3. The van der Waals surface area contributed by atoms with Crippen molar-refractivity contribution >= 4 is 46.5 Å². The summed E-state index contributed by atoms with van der Waals surface area (Å²) in [5, 5.41) is 11.0. The van der Waals surface area contributed by atoms with Crippen molar-refractivity contribution in [1.82, 2.24) is 9.78 Å². The zero-order valence-corrected chi connectivity index (χ0v) is 15.3. The third-order valence-electron chi connectivity index (χ3n) is 5.09. The fourth-order valence-electron chi connectivity index (χ4n) is 3.89. The minimum Gasteiger partial charge on any atom is -0.323 e. The number of halogens is 2. The number of rotatable bonds is 1. The summed E-state index contributed by atoms with van der Waals surface area (Å²) in [6.45, 7) is 0. The van der Waals surface area contributed by atoms with Gasteiger partial charge in [-0.05, 0) is 23.8 Å². The molecule has 2 aliphatic rings. The van der Waals surface area contributed by atoms with Gasteiger partial charge in [0.25, 0.3) is 0 Å². The molecule has 0 saturated carbocycles. The predicted molar refractivity (Wildman–Crippen MR) is 103 cm³/mol. The Morgan fingerprint density at radius 3 is 2.56 bits per heavy atom. The van der Waals surface area contributed by atoms with Crippen molar-refractivity contribution in [2.24, 2.45) is 0 Å². The first-order valence-corrected chi connectivity index (χ1v) is 9.01. The first-order valence-electron chi connectivity index (χ1n) is 8.26. The molecule has 0 unspecified atom stereocenters. The molecule has 8 heteroatoms. The monoisotopic (exact) mass is 398 g/mol. The van der Waals surface area contributed by atoms with Gasteiger partial charge in [-0.3, -0.25) is 9.59 Å². The van der Waals surface area contributed by atoms with Gasteiger partial charge in [-0.2, -0.15) is 5.10 Å². The lowest BCUT2D eigenvalue weighted by atomic mass is 9.72. The number of carbonyl (C=O) groups is 2. The van der Waals surface area contributed by atoms with Gasteiger partial charge in [-0.25, -0.2) is 4.68 Å². The van der Waals surface area contributed by atoms with E-state index in [4.69, 9.17) is 23.2 Å². The lowest BCUT2D eigenvalue weighted by molar-refractivity contribution is -0.125. The molecule has 0 fully saturated rings. The van der Waals surface area contributed by atoms with Crippen molar-refractivity contribution in [3.63, 3.8) is 0 Å². The molecular weight excluding hydrogens is 387 g/mol. The summed E-state index contributed by atoms with van der Waals surface area (Å²) in [5.41, 5.74) is 1.27. The van der Waals surface area contributed by atoms with Crippen molar-refractivity contribution < 1.29 is 9.59 Å². The zero-order valence-electron chi connectivity index (χ0n) is 13.8. The van der Waals surface area contributed by atoms with Crippen LogP contribution >= 0.6 is 23.2 Å². The highest BCUT2D eigenvalue weighted by Gasteiger charge is 2.54. The van der Waals surface area contributed by atoms with E-state index >= 15 is 0 Å². The Balaban J connectivity index is 1.79. The average Bonchev–Trinajstić information content (AvgIpc) is 3.17. The molecule has 2 aliphatic heterocycles. The van der Waals surface area contributed by atoms with E-state index in [9.17, 15) is 9.59 Å². The zero-order chi connectivity index (χ0) is 18.8. The normalized spacial score (nSPS) is 20.2. The molecule has 5 rings (SSSR count). The summed E-state index contributed by atoms with van der Waals surface area (Å²) in [6, 6.07) is 12.5. The van der Waals surface area contributed by atoms with E-state index in [-0.39, 0.29) is 18.2 Å². The maximum absolute atomic E-state index is 13.1. The number of anilines is 2. The van der Waals surface area contributed by atoms with E-state index in [0.717, 1.165) is 0 Å². The predicted octanol–water partition coefficient (Wildman–Crippen LogP) is 3.76. The Labute approximate surface area is 164 Å². The van der Waals surface area contributed by atoms with E-state index in [1.807, 2.05) is 18.2 Å². The summed E-state index contributed by atoms with van der Waals surface area (Å²) < 4.78 is 1.55. The number of aromatic nitrogens is 2. The van der Waals surface area contributed by atoms with E-state index in [1.165, 1.54) is 0 Å². The van der Waals surface area contributed by atoms with E-state index in [2.05, 4.69) is 15.7 Å². The molecule has 6 nitrogen and oxygen atoms in total. The van der Waals surface area contributed by atoms with Gasteiger partial charge in [0.2, 0.25) is 11.8 Å². The lowest BCUT2D eigenvalue weighted by Crippen LogP contribution is -2.43. The first kappa shape index (κ1) is 16.4. The molecule has 3 aromatic rings. The summed E-state index contributed by atoms with van der Waals surface area (Å²) in [4.78, 5) is 25.7. The Morgan fingerprint density at radius 2 is 1.74 bits per heavy atom. The maximum atomic E-state index is 13.1. The minimum atomic E-state index is -1.17. The van der Waals surface area contributed by atoms with Crippen LogP contribution in [0.4, 0.5) is 11.5 Å². The van der Waals surface area contributed by atoms with E-state index in [1.54, 1.807) is 35.1 Å². The summed E-state index contributed by atoms with van der Waals surface area (Å²) in [6.07, 6.45) is 1.58. The third-order valence-corrected chi connectivity index (χ3v) is 5.73. The van der Waals surface area contributed by atoms with Crippen molar-refractivity contribution in [3.8, 4) is 5.69 Å². The van der Waals surface area contributed by atoms with Gasteiger partial charge in [0, 0.05) is 12.0 Å². The van der Waals surface area contributed by atoms with Gasteiger partial charge in [0.05, 0.1) is 27.6 Å². The molecule has 2 N–H and O–H groups in total. The van der Waals surface area contributed by atoms with Gasteiger partial charge < -0.3 is 10.6 Å². The molecule has 0 saturated heterocycles. The van der Waals surface area contributed by atoms with Crippen molar-refractivity contribution in [2.75, 3.05) is 10.6 Å². The van der Waals surface area contributed by atoms with Crippen LogP contribution in [0.3, 0.4) is 0 Å². The van der Waals surface area contributed by atoms with Gasteiger partial charge in [-0.15, -0.1) is 0 Å². The van der Waals surface area contributed by atoms with Crippen LogP contribution in [0.15, 0.2) is 48.7 Å². The van der Waals surface area contributed by atoms with Crippen molar-refractivity contribution in [3.05, 3.63) is 69.8 Å². The number of amides is 2. The quantitative estimate of drug-likeness (QED) is 0.654. The number of para-hydroxylation sites is 2. The average molecular weight is 399 g/mol. The van der Waals surface area contributed by atoms with Gasteiger partial charge >= 0.3 is 0 Å². The molecule has 1 aromatic heterocycles. The van der Waals surface area contributed by atoms with Crippen molar-refractivity contribution in [2.45, 2.75) is 11.8 Å². The van der Waals surface area contributed by atoms with Crippen LogP contribution < -0.4 is 10.6 Å². The third kappa shape index (κ3) is 2.11. The van der Waals surface area contributed by atoms with Crippen LogP contribution in [-0.2, 0) is 15.0 Å². The molecule has 3 heterocycles. The molecular formula is C19H12Cl2N4O2. The SMILES string of the molecule is O=C1C[C@]2(C(=O)Nc3c(Cl)cccc32)c2cnn(-c3ccccc3Cl)c2N1. The second-order valence-electron chi connectivity index (χ2n) is 6.52. The molecule has 1 atom stereocenters. The van der Waals surface area contributed by atoms with Gasteiger partial charge in [0.1, 0.15) is 11.2 Å². The van der Waals surface area contributed by atoms with Crippen LogP contribution in [0.1, 0.15) is 17.5 Å². The summed E-state index contributed by atoms with van der Waals surface area (Å²) in [5.74, 6) is -0.137. The van der Waals surface area contributed by atoms with Crippen molar-refractivity contribution in [1.29, 1.82) is 0 Å². The Kier molecular flexibility index (Phi) is 3.38. The van der Waals surface area contributed by atoms with Gasteiger partial charge in [0.15, 0.2) is 0 Å². The van der Waals surface area contributed by atoms with Crippen LogP contribution in [-0.4, -0.2) is 21.6 Å². The lowest BCUT2D eigenvalue weighted by Gasteiger charge is -2.31. The number of nitrogens with one attached hydrogen (secondary N) is 2. The second kappa shape index (κ2) is 5.58. The highest BCUT2D eigenvalue weighted by atomic mass is 35.5. The topological polar surface area (TPSA) is 76.0 Å². The minimum absolute atomic E-state index is 0.0204. The summed E-state index contributed by atoms with van der Waals surface area (Å²) in [7, 11) is 0. The van der Waals surface area contributed by atoms with E-state index in [0.29, 0.717) is 38.4 Å². The summed E-state index contributed by atoms with van der Waals surface area (Å²) >= 11 is 12.6. The molecule has 0 radical (unpaired) electrons. The van der Waals surface area contributed by atoms with Crippen LogP contribution in [0, 0.1) is 0 Å². The Hall–Kier alpha value is -2.83. The molecule has 134 valence electrons. The standard InChI is InChI=1S/C19H12Cl2N4O2/c20-12-5-1-2-7-14(12)25-17-11(9-22-25)19(8-15(26)23-17)10-4-3-6-13(21)16(10)24-18(19)27/h1-7,9H,8H2,(H,23,26)(H,24,27)/t19-/m1/s1. The molecule has 0 bridgehead atoms. The smallest absolute Gasteiger partial charge is 0.240 e. The van der Waals surface area contributed by atoms with Gasteiger partial charge in [-0.1, -0.05) is 47.5 Å². The van der Waals surface area contributed by atoms with Crippen LogP contribution in [0.5, 0.6) is 0 Å². The fourth-order valence-corrected chi connectivity index (χ4v) is 4.33. The molecule has 1 spiro atoms. The molecule has 27 heavy (non-hydrogen) atoms.